The first-order chi connectivity index (χ1) is 4.52. The predicted octanol–water partition coefficient (Wildman–Crippen LogP) is 1.94. The van der Waals surface area contributed by atoms with Crippen LogP contribution in [0, 0.1) is 5.92 Å². The van der Waals surface area contributed by atoms with Crippen LogP contribution in [0.15, 0.2) is 12.7 Å². The maximum absolute atomic E-state index is 11.6. The fourth-order valence-electron chi connectivity index (χ4n) is 0.446. The van der Waals surface area contributed by atoms with Crippen LogP contribution < -0.4 is 0 Å². The SMILES string of the molecule is C=CCC(C=O)C(F)(F)F. The van der Waals surface area contributed by atoms with E-state index in [9.17, 15) is 18.0 Å². The van der Waals surface area contributed by atoms with E-state index in [0.717, 1.165) is 6.08 Å². The zero-order chi connectivity index (χ0) is 8.20. The van der Waals surface area contributed by atoms with E-state index in [2.05, 4.69) is 6.58 Å². The van der Waals surface area contributed by atoms with Gasteiger partial charge in [0.1, 0.15) is 12.2 Å². The third-order valence-corrected chi connectivity index (χ3v) is 1.01. The molecule has 0 bridgehead atoms. The van der Waals surface area contributed by atoms with Crippen molar-refractivity contribution in [1.82, 2.24) is 0 Å². The molecular weight excluding hydrogens is 145 g/mol. The van der Waals surface area contributed by atoms with E-state index in [4.69, 9.17) is 0 Å². The zero-order valence-corrected chi connectivity index (χ0v) is 5.19. The highest BCUT2D eigenvalue weighted by atomic mass is 19.4. The van der Waals surface area contributed by atoms with Crippen LogP contribution in [0.5, 0.6) is 0 Å². The number of hydrogen-bond acceptors (Lipinski definition) is 1. The van der Waals surface area contributed by atoms with Crippen molar-refractivity contribution in [2.75, 3.05) is 0 Å². The highest BCUT2D eigenvalue weighted by molar-refractivity contribution is 5.55. The molecule has 0 aromatic rings. The predicted molar refractivity (Wildman–Crippen MR) is 30.4 cm³/mol. The number of carbonyl (C=O) groups is 1. The van der Waals surface area contributed by atoms with E-state index in [1.807, 2.05) is 0 Å². The Labute approximate surface area is 56.5 Å². The molecule has 10 heavy (non-hydrogen) atoms. The lowest BCUT2D eigenvalue weighted by Crippen LogP contribution is -2.23. The molecule has 0 fully saturated rings. The van der Waals surface area contributed by atoms with Crippen LogP contribution in [0.4, 0.5) is 13.2 Å². The van der Waals surface area contributed by atoms with Gasteiger partial charge in [0.2, 0.25) is 0 Å². The van der Waals surface area contributed by atoms with Crippen LogP contribution in [0.25, 0.3) is 0 Å². The Balaban J connectivity index is 4.05. The molecule has 0 amide bonds. The molecule has 1 atom stereocenters. The summed E-state index contributed by atoms with van der Waals surface area (Å²) >= 11 is 0. The number of aldehydes is 1. The van der Waals surface area contributed by atoms with E-state index in [1.165, 1.54) is 0 Å². The summed E-state index contributed by atoms with van der Waals surface area (Å²) in [5.74, 6) is -1.88. The second-order valence-electron chi connectivity index (χ2n) is 1.81. The summed E-state index contributed by atoms with van der Waals surface area (Å²) in [5, 5.41) is 0. The molecule has 0 aromatic heterocycles. The molecule has 0 aliphatic heterocycles. The Kier molecular flexibility index (Phi) is 3.12. The minimum absolute atomic E-state index is 0.109. The minimum atomic E-state index is -4.42. The fraction of sp³-hybridized carbons (Fsp3) is 0.500. The molecule has 0 N–H and O–H groups in total. The van der Waals surface area contributed by atoms with Gasteiger partial charge in [0, 0.05) is 0 Å². The molecule has 0 saturated carbocycles. The van der Waals surface area contributed by atoms with Crippen molar-refractivity contribution in [3.05, 3.63) is 12.7 Å². The Morgan fingerprint density at radius 1 is 1.50 bits per heavy atom. The number of rotatable bonds is 3. The second kappa shape index (κ2) is 3.39. The number of alkyl halides is 3. The molecule has 1 nitrogen and oxygen atoms in total. The second-order valence-corrected chi connectivity index (χ2v) is 1.81. The van der Waals surface area contributed by atoms with Gasteiger partial charge in [-0.1, -0.05) is 6.08 Å². The molecule has 0 heterocycles. The van der Waals surface area contributed by atoms with Crippen molar-refractivity contribution in [3.63, 3.8) is 0 Å². The molecule has 1 unspecified atom stereocenters. The van der Waals surface area contributed by atoms with E-state index in [0.29, 0.717) is 0 Å². The Morgan fingerprint density at radius 3 is 2.10 bits per heavy atom. The van der Waals surface area contributed by atoms with Gasteiger partial charge in [0.25, 0.3) is 0 Å². The van der Waals surface area contributed by atoms with Crippen LogP contribution in [0.2, 0.25) is 0 Å². The van der Waals surface area contributed by atoms with E-state index < -0.39 is 12.1 Å². The highest BCUT2D eigenvalue weighted by Crippen LogP contribution is 2.26. The summed E-state index contributed by atoms with van der Waals surface area (Å²) in [5.41, 5.74) is 0. The summed E-state index contributed by atoms with van der Waals surface area (Å²) in [7, 11) is 0. The van der Waals surface area contributed by atoms with Crippen LogP contribution in [-0.2, 0) is 4.79 Å². The lowest BCUT2D eigenvalue weighted by Gasteiger charge is -2.10. The number of halogens is 3. The number of hydrogen-bond donors (Lipinski definition) is 0. The zero-order valence-electron chi connectivity index (χ0n) is 5.19. The average molecular weight is 152 g/mol. The summed E-state index contributed by atoms with van der Waals surface area (Å²) in [6.07, 6.45) is -3.79. The molecule has 0 aliphatic rings. The monoisotopic (exact) mass is 152 g/mol. The van der Waals surface area contributed by atoms with E-state index >= 15 is 0 Å². The topological polar surface area (TPSA) is 17.1 Å². The molecule has 0 rings (SSSR count). The van der Waals surface area contributed by atoms with Crippen molar-refractivity contribution in [2.24, 2.45) is 5.92 Å². The molecule has 4 heteroatoms. The van der Waals surface area contributed by atoms with Crippen molar-refractivity contribution in [1.29, 1.82) is 0 Å². The third-order valence-electron chi connectivity index (χ3n) is 1.01. The smallest absolute Gasteiger partial charge is 0.303 e. The molecule has 58 valence electrons. The van der Waals surface area contributed by atoms with Crippen LogP contribution in [0.1, 0.15) is 6.42 Å². The first-order valence-corrected chi connectivity index (χ1v) is 2.65. The standard InChI is InChI=1S/C6H7F3O/c1-2-3-5(4-10)6(7,8)9/h2,4-5H,1,3H2. The normalized spacial score (nSPS) is 14.3. The fourth-order valence-corrected chi connectivity index (χ4v) is 0.446. The minimum Gasteiger partial charge on any atom is -0.303 e. The van der Waals surface area contributed by atoms with Gasteiger partial charge in [-0.2, -0.15) is 13.2 Å². The molecule has 0 spiro atoms. The quantitative estimate of drug-likeness (QED) is 0.446. The van der Waals surface area contributed by atoms with Crippen molar-refractivity contribution >= 4 is 6.29 Å². The summed E-state index contributed by atoms with van der Waals surface area (Å²) in [6, 6.07) is 0. The Hall–Kier alpha value is -0.800. The Bertz CT molecular complexity index is 127. The highest BCUT2D eigenvalue weighted by Gasteiger charge is 2.38. The lowest BCUT2D eigenvalue weighted by atomic mass is 10.1. The molecule has 0 aromatic carbocycles. The van der Waals surface area contributed by atoms with Crippen LogP contribution in [0.3, 0.4) is 0 Å². The summed E-state index contributed by atoms with van der Waals surface area (Å²) < 4.78 is 34.9. The first-order valence-electron chi connectivity index (χ1n) is 2.65. The van der Waals surface area contributed by atoms with Gasteiger partial charge in [-0.25, -0.2) is 0 Å². The number of carbonyl (C=O) groups excluding carboxylic acids is 1. The largest absolute Gasteiger partial charge is 0.398 e. The molecular formula is C6H7F3O. The van der Waals surface area contributed by atoms with E-state index in [1.54, 1.807) is 0 Å². The maximum Gasteiger partial charge on any atom is 0.398 e. The third kappa shape index (κ3) is 2.66. The van der Waals surface area contributed by atoms with Gasteiger partial charge < -0.3 is 4.79 Å². The van der Waals surface area contributed by atoms with Gasteiger partial charge in [0.15, 0.2) is 0 Å². The molecule has 0 saturated heterocycles. The Morgan fingerprint density at radius 2 is 2.00 bits per heavy atom. The van der Waals surface area contributed by atoms with Gasteiger partial charge in [-0.15, -0.1) is 6.58 Å². The van der Waals surface area contributed by atoms with Gasteiger partial charge in [-0.05, 0) is 6.42 Å². The maximum atomic E-state index is 11.6. The first kappa shape index (κ1) is 9.20. The van der Waals surface area contributed by atoms with Gasteiger partial charge in [-0.3, -0.25) is 0 Å². The van der Waals surface area contributed by atoms with Crippen LogP contribution in [-0.4, -0.2) is 12.5 Å². The van der Waals surface area contributed by atoms with Crippen LogP contribution >= 0.6 is 0 Å². The van der Waals surface area contributed by atoms with Gasteiger partial charge >= 0.3 is 6.18 Å². The molecule has 0 aliphatic carbocycles. The molecule has 0 radical (unpaired) electrons. The van der Waals surface area contributed by atoms with Gasteiger partial charge in [0.05, 0.1) is 0 Å². The average Bonchev–Trinajstić information content (AvgIpc) is 1.80. The van der Waals surface area contributed by atoms with Crippen molar-refractivity contribution in [3.8, 4) is 0 Å². The van der Waals surface area contributed by atoms with E-state index in [-0.39, 0.29) is 12.7 Å². The van der Waals surface area contributed by atoms with Crippen molar-refractivity contribution in [2.45, 2.75) is 12.6 Å². The van der Waals surface area contributed by atoms with Crippen molar-refractivity contribution < 1.29 is 18.0 Å². The summed E-state index contributed by atoms with van der Waals surface area (Å²) in [6.45, 7) is 3.10. The summed E-state index contributed by atoms with van der Waals surface area (Å²) in [4.78, 5) is 9.77. The number of allylic oxidation sites excluding steroid dienone is 1. The lowest BCUT2D eigenvalue weighted by molar-refractivity contribution is -0.173.